The second-order valence-electron chi connectivity index (χ2n) is 8.89. The molecule has 2 aromatic carbocycles. The lowest BCUT2D eigenvalue weighted by Gasteiger charge is -2.17. The van der Waals surface area contributed by atoms with Crippen LogP contribution < -0.4 is 15.4 Å². The zero-order valence-corrected chi connectivity index (χ0v) is 22.7. The van der Waals surface area contributed by atoms with Gasteiger partial charge in [0.25, 0.3) is 0 Å². The maximum atomic E-state index is 6.07. The van der Waals surface area contributed by atoms with Crippen molar-refractivity contribution in [3.63, 3.8) is 0 Å². The molecule has 0 amide bonds. The second-order valence-corrected chi connectivity index (χ2v) is 8.89. The molecule has 37 heavy (non-hydrogen) atoms. The molecule has 0 radical (unpaired) electrons. The average Bonchev–Trinajstić information content (AvgIpc) is 2.89. The fourth-order valence-corrected chi connectivity index (χ4v) is 3.69. The zero-order chi connectivity index (χ0) is 26.9. The summed E-state index contributed by atoms with van der Waals surface area (Å²) in [5.41, 5.74) is 4.31. The largest absolute Gasteiger partial charge is 0.493 e. The lowest BCUT2D eigenvalue weighted by Crippen LogP contribution is -2.32. The Morgan fingerprint density at radius 2 is 1.76 bits per heavy atom. The summed E-state index contributed by atoms with van der Waals surface area (Å²) in [6.45, 7) is 17.2. The number of rotatable bonds is 15. The Bertz CT molecular complexity index is 1130. The van der Waals surface area contributed by atoms with E-state index in [2.05, 4.69) is 54.4 Å². The first-order valence-electron chi connectivity index (χ1n) is 12.9. The number of aryl methyl sites for hydroxylation is 1. The third-order valence-corrected chi connectivity index (χ3v) is 5.74. The molecule has 0 aliphatic carbocycles. The highest BCUT2D eigenvalue weighted by Gasteiger charge is 2.10. The monoisotopic (exact) mass is 498 g/mol. The fourth-order valence-electron chi connectivity index (χ4n) is 3.69. The standard InChI is InChI=1S/C32H42N4O/c1-7-9-10-11-16-22-37-30-21-15-13-19-28(30)24-34-27(5)35-32(29-20-14-12-18-26(29)4)36-31(33-6)23-25(3)17-8-2/h7-8,12-15,18-21,23,34H,1-2,5,9-11,16-17,22,24H2,3-4,6H3,(H,33,35,36)/b25-23+. The van der Waals surface area contributed by atoms with Crippen LogP contribution in [0.5, 0.6) is 5.75 Å². The first kappa shape index (κ1) is 29.4. The van der Waals surface area contributed by atoms with E-state index in [1.54, 1.807) is 7.05 Å². The zero-order valence-electron chi connectivity index (χ0n) is 22.7. The van der Waals surface area contributed by atoms with Crippen LogP contribution in [-0.4, -0.2) is 25.3 Å². The minimum atomic E-state index is 0.576. The molecule has 0 unspecified atom stereocenters. The lowest BCUT2D eigenvalue weighted by molar-refractivity contribution is 0.302. The number of amidine groups is 2. The van der Waals surface area contributed by atoms with Gasteiger partial charge in [0.15, 0.2) is 0 Å². The maximum Gasteiger partial charge on any atom is 0.149 e. The topological polar surface area (TPSA) is 58.0 Å². The summed E-state index contributed by atoms with van der Waals surface area (Å²) < 4.78 is 6.07. The Morgan fingerprint density at radius 1 is 1.00 bits per heavy atom. The van der Waals surface area contributed by atoms with Crippen LogP contribution in [0.25, 0.3) is 0 Å². The van der Waals surface area contributed by atoms with Crippen LogP contribution in [0.1, 0.15) is 55.7 Å². The molecular weight excluding hydrogens is 456 g/mol. The first-order chi connectivity index (χ1) is 18.0. The fraction of sp³-hybridized carbons (Fsp3) is 0.312. The van der Waals surface area contributed by atoms with Crippen molar-refractivity contribution >= 4 is 11.7 Å². The highest BCUT2D eigenvalue weighted by atomic mass is 16.5. The molecule has 0 aliphatic heterocycles. The van der Waals surface area contributed by atoms with Crippen LogP contribution in [0.2, 0.25) is 0 Å². The summed E-state index contributed by atoms with van der Waals surface area (Å²) in [4.78, 5) is 9.22. The minimum Gasteiger partial charge on any atom is -0.493 e. The summed E-state index contributed by atoms with van der Waals surface area (Å²) in [6.07, 6.45) is 11.0. The van der Waals surface area contributed by atoms with Crippen molar-refractivity contribution in [2.45, 2.75) is 52.5 Å². The van der Waals surface area contributed by atoms with E-state index in [1.807, 2.05) is 61.5 Å². The van der Waals surface area contributed by atoms with Crippen molar-refractivity contribution < 1.29 is 4.74 Å². The Balaban J connectivity index is 2.11. The van der Waals surface area contributed by atoms with E-state index in [0.717, 1.165) is 60.1 Å². The quantitative estimate of drug-likeness (QED) is 0.117. The van der Waals surface area contributed by atoms with Crippen LogP contribution in [0, 0.1) is 6.92 Å². The van der Waals surface area contributed by atoms with Gasteiger partial charge in [0, 0.05) is 24.7 Å². The van der Waals surface area contributed by atoms with Gasteiger partial charge in [0.05, 0.1) is 12.4 Å². The smallest absolute Gasteiger partial charge is 0.149 e. The van der Waals surface area contributed by atoms with Crippen LogP contribution in [-0.2, 0) is 6.54 Å². The molecule has 0 bridgehead atoms. The van der Waals surface area contributed by atoms with E-state index in [-0.39, 0.29) is 0 Å². The number of nitrogens with zero attached hydrogens (tertiary/aromatic N) is 2. The summed E-state index contributed by atoms with van der Waals surface area (Å²) >= 11 is 0. The molecule has 0 atom stereocenters. The molecule has 196 valence electrons. The number of unbranched alkanes of at least 4 members (excludes halogenated alkanes) is 3. The van der Waals surface area contributed by atoms with E-state index >= 15 is 0 Å². The van der Waals surface area contributed by atoms with Gasteiger partial charge in [-0.3, -0.25) is 4.99 Å². The van der Waals surface area contributed by atoms with E-state index in [9.17, 15) is 0 Å². The van der Waals surface area contributed by atoms with Gasteiger partial charge in [-0.25, -0.2) is 4.99 Å². The highest BCUT2D eigenvalue weighted by Crippen LogP contribution is 2.19. The van der Waals surface area contributed by atoms with Crippen molar-refractivity contribution in [2.24, 2.45) is 9.98 Å². The molecule has 5 heteroatoms. The molecule has 0 heterocycles. The number of para-hydroxylation sites is 1. The predicted octanol–water partition coefficient (Wildman–Crippen LogP) is 7.27. The molecule has 5 nitrogen and oxygen atoms in total. The highest BCUT2D eigenvalue weighted by molar-refractivity contribution is 6.10. The van der Waals surface area contributed by atoms with Gasteiger partial charge in [-0.1, -0.05) is 66.8 Å². The van der Waals surface area contributed by atoms with Gasteiger partial charge < -0.3 is 15.4 Å². The van der Waals surface area contributed by atoms with Gasteiger partial charge in [0.2, 0.25) is 0 Å². The molecule has 0 spiro atoms. The Labute approximate surface area is 223 Å². The number of ether oxygens (including phenoxy) is 1. The van der Waals surface area contributed by atoms with Gasteiger partial charge in [-0.2, -0.15) is 0 Å². The molecule has 2 aromatic rings. The lowest BCUT2D eigenvalue weighted by atomic mass is 10.1. The Morgan fingerprint density at radius 3 is 2.49 bits per heavy atom. The summed E-state index contributed by atoms with van der Waals surface area (Å²) in [6, 6.07) is 16.2. The summed E-state index contributed by atoms with van der Waals surface area (Å²) in [5, 5.41) is 6.75. The molecular formula is C32H42N4O. The summed E-state index contributed by atoms with van der Waals surface area (Å²) in [5.74, 6) is 2.85. The van der Waals surface area contributed by atoms with Crippen molar-refractivity contribution in [3.8, 4) is 5.75 Å². The number of nitrogens with one attached hydrogen (secondary N) is 2. The van der Waals surface area contributed by atoms with E-state index in [1.165, 1.54) is 0 Å². The van der Waals surface area contributed by atoms with Gasteiger partial charge in [0.1, 0.15) is 17.4 Å². The molecule has 0 saturated carbocycles. The number of benzene rings is 2. The predicted molar refractivity (Wildman–Crippen MR) is 159 cm³/mol. The van der Waals surface area contributed by atoms with Crippen molar-refractivity contribution in [1.29, 1.82) is 0 Å². The van der Waals surface area contributed by atoms with Crippen LogP contribution in [0.15, 0.2) is 108 Å². The number of hydrogen-bond donors (Lipinski definition) is 2. The third kappa shape index (κ3) is 10.7. The van der Waals surface area contributed by atoms with Gasteiger partial charge >= 0.3 is 0 Å². The minimum absolute atomic E-state index is 0.576. The normalized spacial score (nSPS) is 12.1. The second kappa shape index (κ2) is 16.7. The average molecular weight is 499 g/mol. The molecule has 0 saturated heterocycles. The molecule has 2 rings (SSSR count). The third-order valence-electron chi connectivity index (χ3n) is 5.74. The van der Waals surface area contributed by atoms with Gasteiger partial charge in [-0.15, -0.1) is 13.2 Å². The summed E-state index contributed by atoms with van der Waals surface area (Å²) in [7, 11) is 1.75. The first-order valence-corrected chi connectivity index (χ1v) is 12.9. The molecule has 2 N–H and O–H groups in total. The van der Waals surface area contributed by atoms with E-state index in [4.69, 9.17) is 9.73 Å². The Kier molecular flexibility index (Phi) is 13.3. The van der Waals surface area contributed by atoms with E-state index < -0.39 is 0 Å². The Hall–Kier alpha value is -3.86. The van der Waals surface area contributed by atoms with Crippen LogP contribution in [0.4, 0.5) is 0 Å². The molecule has 0 aliphatic rings. The van der Waals surface area contributed by atoms with Crippen molar-refractivity contribution in [2.75, 3.05) is 13.7 Å². The molecule has 0 aromatic heterocycles. The number of hydrogen-bond acceptors (Lipinski definition) is 3. The van der Waals surface area contributed by atoms with Crippen LogP contribution in [0.3, 0.4) is 0 Å². The maximum absolute atomic E-state index is 6.07. The number of allylic oxidation sites excluding steroid dienone is 3. The molecule has 0 fully saturated rings. The van der Waals surface area contributed by atoms with Gasteiger partial charge in [-0.05, 0) is 63.7 Å². The number of aliphatic imine (C=N–C) groups is 2. The van der Waals surface area contributed by atoms with Crippen molar-refractivity contribution in [3.05, 3.63) is 115 Å². The van der Waals surface area contributed by atoms with E-state index in [0.29, 0.717) is 30.6 Å². The van der Waals surface area contributed by atoms with Crippen LogP contribution >= 0.6 is 0 Å². The SMILES string of the molecule is C=CCCCCCOc1ccccc1CNC(=C)NC(=NC(/C=C(\C)CC=C)=NC)c1ccccc1C. The van der Waals surface area contributed by atoms with Crippen molar-refractivity contribution in [1.82, 2.24) is 10.6 Å².